The summed E-state index contributed by atoms with van der Waals surface area (Å²) < 4.78 is 5.94. The van der Waals surface area contributed by atoms with Crippen LogP contribution in [-0.4, -0.2) is 35.6 Å². The fourth-order valence-electron chi connectivity index (χ4n) is 3.62. The maximum atomic E-state index is 13.0. The predicted octanol–water partition coefficient (Wildman–Crippen LogP) is 3.66. The number of nitrogens with one attached hydrogen (secondary N) is 3. The van der Waals surface area contributed by atoms with Crippen molar-refractivity contribution in [2.75, 3.05) is 17.2 Å². The largest absolute Gasteiger partial charge is 0.368 e. The van der Waals surface area contributed by atoms with Gasteiger partial charge in [0.2, 0.25) is 5.91 Å². The van der Waals surface area contributed by atoms with E-state index in [2.05, 4.69) is 10.6 Å². The molecule has 8 nitrogen and oxygen atoms in total. The minimum Gasteiger partial charge on any atom is -0.368 e. The van der Waals surface area contributed by atoms with Crippen molar-refractivity contribution in [1.82, 2.24) is 5.48 Å². The van der Waals surface area contributed by atoms with Crippen molar-refractivity contribution in [2.45, 2.75) is 51.0 Å². The van der Waals surface area contributed by atoms with E-state index < -0.39 is 12.0 Å². The summed E-state index contributed by atoms with van der Waals surface area (Å²) in [4.78, 5) is 36.8. The number of hydroxylamine groups is 1. The maximum Gasteiger partial charge on any atom is 0.255 e. The minimum absolute atomic E-state index is 0.231. The molecule has 0 saturated heterocycles. The number of hydrogen-bond acceptors (Lipinski definition) is 5. The summed E-state index contributed by atoms with van der Waals surface area (Å²) in [6.07, 6.45) is 3.63. The summed E-state index contributed by atoms with van der Waals surface area (Å²) in [5, 5.41) is 14.3. The Hall–Kier alpha value is -3.23. The fraction of sp³-hybridized carbons (Fsp3) is 0.375. The van der Waals surface area contributed by atoms with Gasteiger partial charge in [-0.25, -0.2) is 5.48 Å². The molecular formula is C24H29N3O5. The average molecular weight is 440 g/mol. The number of fused-ring (bicyclic) bond motifs is 3. The monoisotopic (exact) mass is 439 g/mol. The quantitative estimate of drug-likeness (QED) is 0.311. The molecule has 3 rings (SSSR count). The third-order valence-electron chi connectivity index (χ3n) is 5.34. The summed E-state index contributed by atoms with van der Waals surface area (Å²) in [6, 6.07) is 14.5. The van der Waals surface area contributed by atoms with Gasteiger partial charge < -0.3 is 15.4 Å². The third kappa shape index (κ3) is 6.90. The van der Waals surface area contributed by atoms with Gasteiger partial charge in [-0.05, 0) is 55.5 Å². The Morgan fingerprint density at radius 2 is 1.81 bits per heavy atom. The number of hydrogen-bond donors (Lipinski definition) is 4. The van der Waals surface area contributed by atoms with Gasteiger partial charge in [0.15, 0.2) is 0 Å². The molecule has 8 heteroatoms. The molecule has 1 heterocycles. The topological polar surface area (TPSA) is 117 Å². The lowest BCUT2D eigenvalue weighted by atomic mass is 10.1. The number of unbranched alkanes of at least 4 members (excludes halogenated alkanes) is 2. The van der Waals surface area contributed by atoms with Crippen molar-refractivity contribution in [3.8, 4) is 0 Å². The molecule has 0 unspecified atom stereocenters. The molecule has 1 aliphatic heterocycles. The van der Waals surface area contributed by atoms with E-state index in [9.17, 15) is 14.4 Å². The molecule has 3 amide bonds. The van der Waals surface area contributed by atoms with Gasteiger partial charge in [0.05, 0.1) is 11.4 Å². The number of carbonyl (C=O) groups excluding carboxylic acids is 3. The zero-order valence-corrected chi connectivity index (χ0v) is 17.9. The number of amides is 3. The lowest BCUT2D eigenvalue weighted by Gasteiger charge is -2.20. The molecule has 0 spiro atoms. The SMILES string of the molecule is O=C(CCCCC[C@H]1OCCCc2cccc(c2)C(=O)Nc2ccccc2NC1=O)NO. The lowest BCUT2D eigenvalue weighted by Crippen LogP contribution is -2.31. The summed E-state index contributed by atoms with van der Waals surface area (Å²) in [5.74, 6) is -0.916. The summed E-state index contributed by atoms with van der Waals surface area (Å²) >= 11 is 0. The molecule has 2 aromatic rings. The first-order valence-corrected chi connectivity index (χ1v) is 10.9. The Balaban J connectivity index is 1.72. The van der Waals surface area contributed by atoms with Gasteiger partial charge in [0.1, 0.15) is 6.10 Å². The number of anilines is 2. The Labute approximate surface area is 187 Å². The second-order valence-electron chi connectivity index (χ2n) is 7.79. The normalized spacial score (nSPS) is 16.8. The summed E-state index contributed by atoms with van der Waals surface area (Å²) in [6.45, 7) is 0.420. The Morgan fingerprint density at radius 1 is 1.03 bits per heavy atom. The number of carbonyl (C=O) groups is 3. The van der Waals surface area contributed by atoms with E-state index in [4.69, 9.17) is 9.94 Å². The molecule has 0 saturated carbocycles. The van der Waals surface area contributed by atoms with Gasteiger partial charge in [0, 0.05) is 18.6 Å². The van der Waals surface area contributed by atoms with Crippen molar-refractivity contribution in [3.63, 3.8) is 0 Å². The summed E-state index contributed by atoms with van der Waals surface area (Å²) in [7, 11) is 0. The van der Waals surface area contributed by atoms with Crippen molar-refractivity contribution >= 4 is 29.1 Å². The molecule has 32 heavy (non-hydrogen) atoms. The van der Waals surface area contributed by atoms with E-state index >= 15 is 0 Å². The van der Waals surface area contributed by atoms with Crippen LogP contribution in [0.15, 0.2) is 48.5 Å². The van der Waals surface area contributed by atoms with Crippen molar-refractivity contribution in [2.24, 2.45) is 0 Å². The van der Waals surface area contributed by atoms with E-state index in [1.165, 1.54) is 0 Å². The molecule has 2 aromatic carbocycles. The van der Waals surface area contributed by atoms with Crippen molar-refractivity contribution < 1.29 is 24.3 Å². The van der Waals surface area contributed by atoms with Crippen LogP contribution in [0.3, 0.4) is 0 Å². The van der Waals surface area contributed by atoms with E-state index in [1.807, 2.05) is 18.2 Å². The van der Waals surface area contributed by atoms with Gasteiger partial charge in [-0.2, -0.15) is 0 Å². The Kier molecular flexibility index (Phi) is 8.77. The number of para-hydroxylation sites is 2. The van der Waals surface area contributed by atoms with E-state index in [0.717, 1.165) is 24.8 Å². The van der Waals surface area contributed by atoms with Crippen LogP contribution in [0.2, 0.25) is 0 Å². The molecule has 0 radical (unpaired) electrons. The van der Waals surface area contributed by atoms with Gasteiger partial charge >= 0.3 is 0 Å². The molecule has 2 bridgehead atoms. The van der Waals surface area contributed by atoms with Crippen LogP contribution in [0.4, 0.5) is 11.4 Å². The second-order valence-corrected chi connectivity index (χ2v) is 7.79. The first-order valence-electron chi connectivity index (χ1n) is 10.9. The van der Waals surface area contributed by atoms with Crippen LogP contribution in [0.5, 0.6) is 0 Å². The Bertz CT molecular complexity index is 947. The molecule has 1 aliphatic rings. The van der Waals surface area contributed by atoms with E-state index in [1.54, 1.807) is 35.8 Å². The van der Waals surface area contributed by atoms with Crippen molar-refractivity contribution in [1.29, 1.82) is 0 Å². The van der Waals surface area contributed by atoms with Crippen LogP contribution in [0.25, 0.3) is 0 Å². The van der Waals surface area contributed by atoms with Gasteiger partial charge in [-0.1, -0.05) is 37.1 Å². The molecule has 170 valence electrons. The molecular weight excluding hydrogens is 410 g/mol. The molecule has 0 fully saturated rings. The second kappa shape index (κ2) is 12.0. The molecule has 4 N–H and O–H groups in total. The standard InChI is InChI=1S/C24H29N3O5/c28-22(27-31)14-3-1-2-13-21-24(30)26-20-12-5-4-11-19(20)25-23(29)18-10-6-8-17(16-18)9-7-15-32-21/h4-6,8,10-12,16,21,31H,1-3,7,9,13-15H2,(H,25,29)(H,26,30)(H,27,28)/t21-/m1/s1. The lowest BCUT2D eigenvalue weighted by molar-refractivity contribution is -0.129. The molecule has 0 aliphatic carbocycles. The number of aryl methyl sites for hydroxylation is 1. The van der Waals surface area contributed by atoms with Crippen LogP contribution in [0, 0.1) is 0 Å². The minimum atomic E-state index is -0.639. The van der Waals surface area contributed by atoms with Gasteiger partial charge in [0.25, 0.3) is 11.8 Å². The maximum absolute atomic E-state index is 13.0. The highest BCUT2D eigenvalue weighted by atomic mass is 16.5. The predicted molar refractivity (Wildman–Crippen MR) is 121 cm³/mol. The van der Waals surface area contributed by atoms with Crippen molar-refractivity contribution in [3.05, 3.63) is 59.7 Å². The smallest absolute Gasteiger partial charge is 0.255 e. The van der Waals surface area contributed by atoms with Crippen LogP contribution < -0.4 is 16.1 Å². The van der Waals surface area contributed by atoms with E-state index in [0.29, 0.717) is 42.8 Å². The van der Waals surface area contributed by atoms with Crippen LogP contribution in [-0.2, 0) is 20.7 Å². The first kappa shape index (κ1) is 23.4. The Morgan fingerprint density at radius 3 is 2.59 bits per heavy atom. The third-order valence-corrected chi connectivity index (χ3v) is 5.34. The molecule has 0 aromatic heterocycles. The fourth-order valence-corrected chi connectivity index (χ4v) is 3.62. The highest BCUT2D eigenvalue weighted by Gasteiger charge is 2.21. The van der Waals surface area contributed by atoms with Gasteiger partial charge in [-0.3, -0.25) is 19.6 Å². The number of ether oxygens (including phenoxy) is 1. The average Bonchev–Trinajstić information content (AvgIpc) is 2.80. The van der Waals surface area contributed by atoms with Crippen LogP contribution in [0.1, 0.15) is 54.4 Å². The zero-order chi connectivity index (χ0) is 22.8. The van der Waals surface area contributed by atoms with E-state index in [-0.39, 0.29) is 18.2 Å². The highest BCUT2D eigenvalue weighted by Crippen LogP contribution is 2.23. The zero-order valence-electron chi connectivity index (χ0n) is 17.9. The number of rotatable bonds is 6. The van der Waals surface area contributed by atoms with Gasteiger partial charge in [-0.15, -0.1) is 0 Å². The molecule has 1 atom stereocenters. The van der Waals surface area contributed by atoms with Crippen LogP contribution >= 0.6 is 0 Å². The summed E-state index contributed by atoms with van der Waals surface area (Å²) in [5.41, 5.74) is 4.24. The number of benzene rings is 2. The first-order chi connectivity index (χ1) is 15.6. The highest BCUT2D eigenvalue weighted by molar-refractivity contribution is 6.07.